The molecule has 1 aromatic carbocycles. The van der Waals surface area contributed by atoms with Gasteiger partial charge < -0.3 is 5.73 Å². The molecule has 18 heavy (non-hydrogen) atoms. The molecule has 1 rings (SSSR count). The topological polar surface area (TPSA) is 26.0 Å². The van der Waals surface area contributed by atoms with E-state index >= 15 is 0 Å². The molecule has 0 aliphatic rings. The molecule has 0 radical (unpaired) electrons. The van der Waals surface area contributed by atoms with Crippen molar-refractivity contribution in [3.8, 4) is 0 Å². The molecule has 2 N–H and O–H groups in total. The van der Waals surface area contributed by atoms with Gasteiger partial charge in [0.2, 0.25) is 0 Å². The van der Waals surface area contributed by atoms with Gasteiger partial charge in [0.05, 0.1) is 0 Å². The first-order valence-electron chi connectivity index (χ1n) is 7.03. The zero-order valence-corrected chi connectivity index (χ0v) is 13.7. The zero-order chi connectivity index (χ0) is 13.7. The third-order valence-electron chi connectivity index (χ3n) is 3.87. The summed E-state index contributed by atoms with van der Waals surface area (Å²) in [5.41, 5.74) is 10.4. The van der Waals surface area contributed by atoms with Crippen LogP contribution in [0.25, 0.3) is 0 Å². The lowest BCUT2D eigenvalue weighted by atomic mass is 9.85. The molecule has 0 spiro atoms. The summed E-state index contributed by atoms with van der Waals surface area (Å²) in [7, 11) is 0. The highest BCUT2D eigenvalue weighted by Gasteiger charge is 2.19. The van der Waals surface area contributed by atoms with Gasteiger partial charge in [-0.15, -0.1) is 0 Å². The summed E-state index contributed by atoms with van der Waals surface area (Å²) in [6, 6.07) is 4.61. The minimum Gasteiger partial charge on any atom is -0.324 e. The van der Waals surface area contributed by atoms with Crippen LogP contribution in [-0.4, -0.2) is 0 Å². The molecule has 2 heteroatoms. The van der Waals surface area contributed by atoms with Gasteiger partial charge in [-0.3, -0.25) is 0 Å². The van der Waals surface area contributed by atoms with Crippen LogP contribution in [0, 0.1) is 19.8 Å². The van der Waals surface area contributed by atoms with E-state index in [2.05, 4.69) is 55.8 Å². The predicted molar refractivity (Wildman–Crippen MR) is 83.9 cm³/mol. The number of rotatable bonds is 6. The molecule has 0 aromatic heterocycles. The second-order valence-electron chi connectivity index (χ2n) is 5.29. The van der Waals surface area contributed by atoms with Crippen LogP contribution in [0.5, 0.6) is 0 Å². The first kappa shape index (κ1) is 15.7. The van der Waals surface area contributed by atoms with Crippen LogP contribution in [0.1, 0.15) is 62.3 Å². The minimum atomic E-state index is 0.174. The van der Waals surface area contributed by atoms with E-state index in [1.54, 1.807) is 0 Å². The van der Waals surface area contributed by atoms with Crippen molar-refractivity contribution >= 4 is 15.9 Å². The Labute approximate surface area is 120 Å². The van der Waals surface area contributed by atoms with E-state index in [1.807, 2.05) is 0 Å². The number of hydrogen-bond donors (Lipinski definition) is 1. The fourth-order valence-electron chi connectivity index (χ4n) is 2.52. The number of unbranched alkanes of at least 4 members (excludes halogenated alkanes) is 1. The van der Waals surface area contributed by atoms with Crippen molar-refractivity contribution in [2.45, 2.75) is 59.4 Å². The van der Waals surface area contributed by atoms with Gasteiger partial charge in [-0.2, -0.15) is 0 Å². The van der Waals surface area contributed by atoms with E-state index in [0.717, 1.165) is 6.42 Å². The first-order valence-corrected chi connectivity index (χ1v) is 7.82. The molecule has 0 aliphatic heterocycles. The lowest BCUT2D eigenvalue weighted by molar-refractivity contribution is 0.377. The summed E-state index contributed by atoms with van der Waals surface area (Å²) in [6.45, 7) is 8.78. The fourth-order valence-corrected chi connectivity index (χ4v) is 2.98. The maximum absolute atomic E-state index is 6.50. The molecule has 0 amide bonds. The van der Waals surface area contributed by atoms with Crippen LogP contribution in [0.3, 0.4) is 0 Å². The molecule has 102 valence electrons. The van der Waals surface area contributed by atoms with Crippen molar-refractivity contribution in [2.75, 3.05) is 0 Å². The molecule has 2 atom stereocenters. The molecule has 2 unspecified atom stereocenters. The van der Waals surface area contributed by atoms with Crippen molar-refractivity contribution < 1.29 is 0 Å². The van der Waals surface area contributed by atoms with Gasteiger partial charge in [-0.1, -0.05) is 55.1 Å². The normalized spacial score (nSPS) is 14.6. The number of hydrogen-bond acceptors (Lipinski definition) is 1. The number of nitrogens with two attached hydrogens (primary N) is 1. The second-order valence-corrected chi connectivity index (χ2v) is 6.15. The summed E-state index contributed by atoms with van der Waals surface area (Å²) in [6.07, 6.45) is 4.93. The second kappa shape index (κ2) is 7.30. The lowest BCUT2D eigenvalue weighted by Gasteiger charge is -2.25. The first-order chi connectivity index (χ1) is 8.51. The Morgan fingerprint density at radius 3 is 2.39 bits per heavy atom. The van der Waals surface area contributed by atoms with E-state index in [1.165, 1.54) is 40.4 Å². The number of halogens is 1. The van der Waals surface area contributed by atoms with Crippen LogP contribution >= 0.6 is 15.9 Å². The summed E-state index contributed by atoms with van der Waals surface area (Å²) in [5.74, 6) is 0.601. The van der Waals surface area contributed by atoms with Crippen LogP contribution in [-0.2, 0) is 0 Å². The Morgan fingerprint density at radius 2 is 1.83 bits per heavy atom. The van der Waals surface area contributed by atoms with Crippen molar-refractivity contribution in [3.63, 3.8) is 0 Å². The van der Waals surface area contributed by atoms with Crippen molar-refractivity contribution in [3.05, 3.63) is 33.3 Å². The molecular weight excluding hydrogens is 286 g/mol. The van der Waals surface area contributed by atoms with Gasteiger partial charge in [0.25, 0.3) is 0 Å². The Hall–Kier alpha value is -0.340. The highest BCUT2D eigenvalue weighted by Crippen LogP contribution is 2.31. The summed E-state index contributed by atoms with van der Waals surface area (Å²) >= 11 is 3.58. The smallest absolute Gasteiger partial charge is 0.0326 e. The monoisotopic (exact) mass is 311 g/mol. The lowest BCUT2D eigenvalue weighted by Crippen LogP contribution is -2.22. The van der Waals surface area contributed by atoms with Gasteiger partial charge in [-0.25, -0.2) is 0 Å². The van der Waals surface area contributed by atoms with E-state index in [4.69, 9.17) is 5.73 Å². The molecule has 0 fully saturated rings. The molecule has 0 saturated carbocycles. The standard InChI is InChI=1S/C16H26BrN/c1-5-7-8-13(6-2)16(18)14-9-12(4)15(17)10-11(14)3/h9-10,13,16H,5-8,18H2,1-4H3. The third-order valence-corrected chi connectivity index (χ3v) is 4.72. The molecule has 0 bridgehead atoms. The van der Waals surface area contributed by atoms with E-state index in [9.17, 15) is 0 Å². The van der Waals surface area contributed by atoms with Crippen molar-refractivity contribution in [1.82, 2.24) is 0 Å². The zero-order valence-electron chi connectivity index (χ0n) is 12.1. The van der Waals surface area contributed by atoms with Gasteiger partial charge in [-0.05, 0) is 48.9 Å². The van der Waals surface area contributed by atoms with Crippen molar-refractivity contribution in [2.24, 2.45) is 11.7 Å². The van der Waals surface area contributed by atoms with Gasteiger partial charge in [0.15, 0.2) is 0 Å². The quantitative estimate of drug-likeness (QED) is 0.759. The Balaban J connectivity index is 2.94. The average molecular weight is 312 g/mol. The Kier molecular flexibility index (Phi) is 6.37. The minimum absolute atomic E-state index is 0.174. The van der Waals surface area contributed by atoms with Gasteiger partial charge in [0, 0.05) is 10.5 Å². The fraction of sp³-hybridized carbons (Fsp3) is 0.625. The molecule has 0 saturated heterocycles. The average Bonchev–Trinajstić information content (AvgIpc) is 2.34. The highest BCUT2D eigenvalue weighted by molar-refractivity contribution is 9.10. The van der Waals surface area contributed by atoms with Crippen LogP contribution in [0.4, 0.5) is 0 Å². The summed E-state index contributed by atoms with van der Waals surface area (Å²) in [4.78, 5) is 0. The van der Waals surface area contributed by atoms with E-state index in [-0.39, 0.29) is 6.04 Å². The molecular formula is C16H26BrN. The Bertz CT molecular complexity index is 387. The van der Waals surface area contributed by atoms with Crippen LogP contribution in [0.2, 0.25) is 0 Å². The largest absolute Gasteiger partial charge is 0.324 e. The number of aryl methyl sites for hydroxylation is 2. The van der Waals surface area contributed by atoms with Gasteiger partial charge >= 0.3 is 0 Å². The third kappa shape index (κ3) is 3.83. The SMILES string of the molecule is CCCCC(CC)C(N)c1cc(C)c(Br)cc1C. The Morgan fingerprint density at radius 1 is 1.17 bits per heavy atom. The van der Waals surface area contributed by atoms with Gasteiger partial charge in [0.1, 0.15) is 0 Å². The van der Waals surface area contributed by atoms with E-state index < -0.39 is 0 Å². The maximum atomic E-state index is 6.50. The maximum Gasteiger partial charge on any atom is 0.0326 e. The predicted octanol–water partition coefficient (Wildman–Crippen LogP) is 5.28. The molecule has 1 aromatic rings. The van der Waals surface area contributed by atoms with Crippen molar-refractivity contribution in [1.29, 1.82) is 0 Å². The highest BCUT2D eigenvalue weighted by atomic mass is 79.9. The van der Waals surface area contributed by atoms with E-state index in [0.29, 0.717) is 5.92 Å². The summed E-state index contributed by atoms with van der Waals surface area (Å²) < 4.78 is 1.18. The molecule has 1 nitrogen and oxygen atoms in total. The number of benzene rings is 1. The van der Waals surface area contributed by atoms with Crippen LogP contribution in [0.15, 0.2) is 16.6 Å². The summed E-state index contributed by atoms with van der Waals surface area (Å²) in [5, 5.41) is 0. The molecule has 0 aliphatic carbocycles. The molecule has 0 heterocycles. The van der Waals surface area contributed by atoms with Crippen LogP contribution < -0.4 is 5.73 Å².